The number of carbonyl (C=O) groups is 1. The highest BCUT2D eigenvalue weighted by Crippen LogP contribution is 2.11. The molecule has 104 valence electrons. The Bertz CT molecular complexity index is 580. The smallest absolute Gasteiger partial charge is 0.251 e. The zero-order valence-electron chi connectivity index (χ0n) is 11.1. The van der Waals surface area contributed by atoms with Gasteiger partial charge >= 0.3 is 0 Å². The fraction of sp³-hybridized carbons (Fsp3) is 0.188. The fourth-order valence-electron chi connectivity index (χ4n) is 1.93. The van der Waals surface area contributed by atoms with E-state index < -0.39 is 0 Å². The zero-order chi connectivity index (χ0) is 14.5. The first kappa shape index (κ1) is 15.3. The highest BCUT2D eigenvalue weighted by Gasteiger charge is 2.10. The van der Waals surface area contributed by atoms with Crippen LogP contribution in [0.15, 0.2) is 48.5 Å². The van der Waals surface area contributed by atoms with E-state index in [0.717, 1.165) is 20.6 Å². The summed E-state index contributed by atoms with van der Waals surface area (Å²) in [5, 5.41) is 3.73. The maximum absolute atomic E-state index is 12.1. The number of hydrogen-bond acceptors (Lipinski definition) is 1. The number of halogens is 2. The van der Waals surface area contributed by atoms with Gasteiger partial charge in [-0.3, -0.25) is 4.79 Å². The molecule has 0 saturated heterocycles. The Morgan fingerprint density at radius 1 is 1.15 bits per heavy atom. The number of carbonyl (C=O) groups excluding carboxylic acids is 1. The lowest BCUT2D eigenvalue weighted by atomic mass is 10.1. The fourth-order valence-corrected chi connectivity index (χ4v) is 2.42. The Labute approximate surface area is 137 Å². The van der Waals surface area contributed by atoms with E-state index >= 15 is 0 Å². The van der Waals surface area contributed by atoms with Crippen LogP contribution in [-0.4, -0.2) is 11.9 Å². The molecule has 0 aromatic heterocycles. The molecular formula is C16H15ClINO. The summed E-state index contributed by atoms with van der Waals surface area (Å²) in [6.07, 6.45) is 0.785. The maximum atomic E-state index is 12.1. The van der Waals surface area contributed by atoms with Crippen LogP contribution in [0.2, 0.25) is 5.02 Å². The Hall–Kier alpha value is -1.07. The molecule has 2 aromatic carbocycles. The van der Waals surface area contributed by atoms with Crippen LogP contribution >= 0.6 is 34.2 Å². The minimum absolute atomic E-state index is 0.0390. The Morgan fingerprint density at radius 2 is 1.75 bits per heavy atom. The molecule has 1 atom stereocenters. The predicted molar refractivity (Wildman–Crippen MR) is 91.2 cm³/mol. The summed E-state index contributed by atoms with van der Waals surface area (Å²) in [7, 11) is 0. The van der Waals surface area contributed by atoms with Crippen molar-refractivity contribution in [3.05, 3.63) is 68.3 Å². The Kier molecular flexibility index (Phi) is 5.43. The second-order valence-corrected chi connectivity index (χ2v) is 6.39. The van der Waals surface area contributed by atoms with Crippen molar-refractivity contribution in [2.24, 2.45) is 0 Å². The standard InChI is InChI=1S/C16H15ClINO/c1-11(10-12-2-6-14(17)7-3-12)19-16(20)13-4-8-15(18)9-5-13/h2-9,11H,10H2,1H3,(H,19,20). The van der Waals surface area contributed by atoms with E-state index in [4.69, 9.17) is 11.6 Å². The van der Waals surface area contributed by atoms with Crippen LogP contribution in [0.1, 0.15) is 22.8 Å². The second-order valence-electron chi connectivity index (χ2n) is 4.71. The summed E-state index contributed by atoms with van der Waals surface area (Å²) < 4.78 is 1.12. The number of nitrogens with one attached hydrogen (secondary N) is 1. The number of amides is 1. The van der Waals surface area contributed by atoms with E-state index in [9.17, 15) is 4.79 Å². The molecular weight excluding hydrogens is 385 g/mol. The quantitative estimate of drug-likeness (QED) is 0.763. The Morgan fingerprint density at radius 3 is 2.35 bits per heavy atom. The average molecular weight is 400 g/mol. The van der Waals surface area contributed by atoms with Gasteiger partial charge < -0.3 is 5.32 Å². The molecule has 0 radical (unpaired) electrons. The summed E-state index contributed by atoms with van der Waals surface area (Å²) in [5.41, 5.74) is 1.85. The minimum atomic E-state index is -0.0390. The van der Waals surface area contributed by atoms with Crippen LogP contribution in [0, 0.1) is 3.57 Å². The van der Waals surface area contributed by atoms with Gasteiger partial charge in [0.15, 0.2) is 0 Å². The molecule has 1 N–H and O–H groups in total. The summed E-state index contributed by atoms with van der Waals surface area (Å²) in [6.45, 7) is 2.00. The molecule has 2 aromatic rings. The molecule has 20 heavy (non-hydrogen) atoms. The molecule has 0 aliphatic heterocycles. The van der Waals surface area contributed by atoms with Crippen LogP contribution in [-0.2, 0) is 6.42 Å². The average Bonchev–Trinajstić information content (AvgIpc) is 2.42. The summed E-state index contributed by atoms with van der Waals surface area (Å²) in [4.78, 5) is 12.1. The van der Waals surface area contributed by atoms with E-state index in [1.807, 2.05) is 55.5 Å². The molecule has 0 saturated carbocycles. The SMILES string of the molecule is CC(Cc1ccc(Cl)cc1)NC(=O)c1ccc(I)cc1. The van der Waals surface area contributed by atoms with Gasteiger partial charge in [-0.2, -0.15) is 0 Å². The number of benzene rings is 2. The van der Waals surface area contributed by atoms with Gasteiger partial charge in [-0.25, -0.2) is 0 Å². The molecule has 2 rings (SSSR count). The van der Waals surface area contributed by atoms with E-state index in [0.29, 0.717) is 5.56 Å². The number of rotatable bonds is 4. The van der Waals surface area contributed by atoms with Gasteiger partial charge in [-0.15, -0.1) is 0 Å². The lowest BCUT2D eigenvalue weighted by molar-refractivity contribution is 0.0940. The van der Waals surface area contributed by atoms with E-state index in [-0.39, 0.29) is 11.9 Å². The van der Waals surface area contributed by atoms with Crippen molar-refractivity contribution >= 4 is 40.1 Å². The van der Waals surface area contributed by atoms with E-state index in [1.54, 1.807) is 0 Å². The topological polar surface area (TPSA) is 29.1 Å². The van der Waals surface area contributed by atoms with Crippen molar-refractivity contribution in [3.8, 4) is 0 Å². The van der Waals surface area contributed by atoms with Gasteiger partial charge in [0.2, 0.25) is 0 Å². The highest BCUT2D eigenvalue weighted by molar-refractivity contribution is 14.1. The van der Waals surface area contributed by atoms with Crippen molar-refractivity contribution in [2.45, 2.75) is 19.4 Å². The van der Waals surface area contributed by atoms with E-state index in [2.05, 4.69) is 27.9 Å². The minimum Gasteiger partial charge on any atom is -0.349 e. The first-order valence-corrected chi connectivity index (χ1v) is 7.81. The summed E-state index contributed by atoms with van der Waals surface area (Å²) >= 11 is 8.08. The third kappa shape index (κ3) is 4.49. The molecule has 2 nitrogen and oxygen atoms in total. The predicted octanol–water partition coefficient (Wildman–Crippen LogP) is 4.31. The monoisotopic (exact) mass is 399 g/mol. The summed E-state index contributed by atoms with van der Waals surface area (Å²) in [5.74, 6) is -0.0390. The molecule has 0 fully saturated rings. The van der Waals surface area contributed by atoms with E-state index in [1.165, 1.54) is 0 Å². The third-order valence-electron chi connectivity index (χ3n) is 2.94. The van der Waals surface area contributed by atoms with Crippen LogP contribution < -0.4 is 5.32 Å². The molecule has 0 aliphatic carbocycles. The van der Waals surface area contributed by atoms with Crippen molar-refractivity contribution in [1.29, 1.82) is 0 Å². The second kappa shape index (κ2) is 7.09. The van der Waals surface area contributed by atoms with Crippen molar-refractivity contribution in [1.82, 2.24) is 5.32 Å². The van der Waals surface area contributed by atoms with Gasteiger partial charge in [-0.05, 0) is 77.9 Å². The van der Waals surface area contributed by atoms with Crippen molar-refractivity contribution in [2.75, 3.05) is 0 Å². The van der Waals surface area contributed by atoms with Crippen LogP contribution in [0.4, 0.5) is 0 Å². The van der Waals surface area contributed by atoms with Crippen molar-refractivity contribution in [3.63, 3.8) is 0 Å². The molecule has 4 heteroatoms. The lowest BCUT2D eigenvalue weighted by Crippen LogP contribution is -2.34. The van der Waals surface area contributed by atoms with Crippen LogP contribution in [0.25, 0.3) is 0 Å². The summed E-state index contributed by atoms with van der Waals surface area (Å²) in [6, 6.07) is 15.3. The first-order valence-electron chi connectivity index (χ1n) is 6.35. The van der Waals surface area contributed by atoms with Crippen LogP contribution in [0.3, 0.4) is 0 Å². The molecule has 1 amide bonds. The molecule has 1 unspecified atom stereocenters. The number of hydrogen-bond donors (Lipinski definition) is 1. The maximum Gasteiger partial charge on any atom is 0.251 e. The highest BCUT2D eigenvalue weighted by atomic mass is 127. The molecule has 0 aliphatic rings. The normalized spacial score (nSPS) is 11.9. The third-order valence-corrected chi connectivity index (χ3v) is 3.91. The zero-order valence-corrected chi connectivity index (χ0v) is 14.0. The Balaban J connectivity index is 1.93. The molecule has 0 heterocycles. The van der Waals surface area contributed by atoms with Gasteiger partial charge in [0.1, 0.15) is 0 Å². The molecule has 0 spiro atoms. The lowest BCUT2D eigenvalue weighted by Gasteiger charge is -2.14. The van der Waals surface area contributed by atoms with Crippen LogP contribution in [0.5, 0.6) is 0 Å². The first-order chi connectivity index (χ1) is 9.54. The van der Waals surface area contributed by atoms with Gasteiger partial charge in [0.05, 0.1) is 0 Å². The van der Waals surface area contributed by atoms with Gasteiger partial charge in [-0.1, -0.05) is 23.7 Å². The van der Waals surface area contributed by atoms with Gasteiger partial charge in [0, 0.05) is 20.2 Å². The largest absolute Gasteiger partial charge is 0.349 e. The van der Waals surface area contributed by atoms with Gasteiger partial charge in [0.25, 0.3) is 5.91 Å². The van der Waals surface area contributed by atoms with Crippen molar-refractivity contribution < 1.29 is 4.79 Å². The molecule has 0 bridgehead atoms.